The van der Waals surface area contributed by atoms with Gasteiger partial charge in [-0.2, -0.15) is 0 Å². The van der Waals surface area contributed by atoms with Crippen LogP contribution in [-0.4, -0.2) is 30.0 Å². The van der Waals surface area contributed by atoms with Gasteiger partial charge < -0.3 is 10.2 Å². The molecule has 4 aromatic rings. The molecule has 0 atom stereocenters. The van der Waals surface area contributed by atoms with E-state index in [2.05, 4.69) is 15.3 Å². The SMILES string of the molecule is Cc1ccc(C(=O)Nc2cccc(N(C)C)c2)cc1N(c1ccncc1)c1nccs1. The molecule has 1 amide bonds. The average molecular weight is 430 g/mol. The number of carbonyl (C=O) groups is 1. The molecule has 0 fully saturated rings. The Morgan fingerprint density at radius 3 is 2.48 bits per heavy atom. The average Bonchev–Trinajstić information content (AvgIpc) is 3.30. The van der Waals surface area contributed by atoms with Crippen LogP contribution in [-0.2, 0) is 0 Å². The summed E-state index contributed by atoms with van der Waals surface area (Å²) in [7, 11) is 3.94. The first-order valence-corrected chi connectivity index (χ1v) is 10.7. The number of nitrogens with one attached hydrogen (secondary N) is 1. The lowest BCUT2D eigenvalue weighted by Crippen LogP contribution is -2.16. The van der Waals surface area contributed by atoms with Crippen molar-refractivity contribution < 1.29 is 4.79 Å². The zero-order chi connectivity index (χ0) is 21.8. The van der Waals surface area contributed by atoms with Crippen molar-refractivity contribution in [3.63, 3.8) is 0 Å². The molecule has 0 saturated carbocycles. The minimum atomic E-state index is -0.161. The van der Waals surface area contributed by atoms with Crippen LogP contribution in [0, 0.1) is 6.92 Å². The Morgan fingerprint density at radius 2 is 1.77 bits per heavy atom. The van der Waals surface area contributed by atoms with Crippen molar-refractivity contribution in [1.82, 2.24) is 9.97 Å². The summed E-state index contributed by atoms with van der Waals surface area (Å²) in [4.78, 5) is 25.7. The molecule has 0 saturated heterocycles. The van der Waals surface area contributed by atoms with Crippen molar-refractivity contribution >= 4 is 45.1 Å². The number of anilines is 5. The molecule has 0 aliphatic heterocycles. The lowest BCUT2D eigenvalue weighted by atomic mass is 10.1. The highest BCUT2D eigenvalue weighted by atomic mass is 32.1. The van der Waals surface area contributed by atoms with Crippen molar-refractivity contribution in [3.05, 3.63) is 89.7 Å². The summed E-state index contributed by atoms with van der Waals surface area (Å²) in [5.41, 5.74) is 5.23. The summed E-state index contributed by atoms with van der Waals surface area (Å²) < 4.78 is 0. The number of thiazole rings is 1. The Balaban J connectivity index is 1.69. The van der Waals surface area contributed by atoms with Crippen LogP contribution in [0.2, 0.25) is 0 Å². The zero-order valence-electron chi connectivity index (χ0n) is 17.6. The standard InChI is InChI=1S/C24H23N5OS/c1-17-7-8-18(23(30)27-19-5-4-6-21(16-19)28(2)3)15-22(17)29(24-26-13-14-31-24)20-9-11-25-12-10-20/h4-16H,1-3H3,(H,27,30). The number of pyridine rings is 1. The topological polar surface area (TPSA) is 61.4 Å². The highest BCUT2D eigenvalue weighted by Crippen LogP contribution is 2.37. The molecule has 2 heterocycles. The minimum absolute atomic E-state index is 0.161. The van der Waals surface area contributed by atoms with E-state index >= 15 is 0 Å². The smallest absolute Gasteiger partial charge is 0.255 e. The van der Waals surface area contributed by atoms with Gasteiger partial charge in [-0.25, -0.2) is 4.98 Å². The third-order valence-electron chi connectivity index (χ3n) is 4.86. The molecular formula is C24H23N5OS. The summed E-state index contributed by atoms with van der Waals surface area (Å²) in [6.07, 6.45) is 5.27. The van der Waals surface area contributed by atoms with Crippen LogP contribution in [0.3, 0.4) is 0 Å². The number of aromatic nitrogens is 2. The molecule has 0 aliphatic carbocycles. The molecule has 4 rings (SSSR count). The quantitative estimate of drug-likeness (QED) is 0.430. The van der Waals surface area contributed by atoms with Gasteiger partial charge >= 0.3 is 0 Å². The first-order chi connectivity index (χ1) is 15.0. The maximum atomic E-state index is 13.0. The molecule has 6 nitrogen and oxygen atoms in total. The van der Waals surface area contributed by atoms with E-state index in [0.717, 1.165) is 33.4 Å². The van der Waals surface area contributed by atoms with Crippen LogP contribution in [0.5, 0.6) is 0 Å². The molecule has 2 aromatic carbocycles. The van der Waals surface area contributed by atoms with Crippen LogP contribution in [0.25, 0.3) is 0 Å². The Bertz CT molecular complexity index is 1180. The van der Waals surface area contributed by atoms with Gasteiger partial charge in [0.15, 0.2) is 5.13 Å². The number of carbonyl (C=O) groups excluding carboxylic acids is 1. The Hall–Kier alpha value is -3.71. The minimum Gasteiger partial charge on any atom is -0.378 e. The van der Waals surface area contributed by atoms with Crippen molar-refractivity contribution in [2.45, 2.75) is 6.92 Å². The van der Waals surface area contributed by atoms with Gasteiger partial charge in [-0.15, -0.1) is 11.3 Å². The van der Waals surface area contributed by atoms with E-state index in [9.17, 15) is 4.79 Å². The van der Waals surface area contributed by atoms with Crippen LogP contribution >= 0.6 is 11.3 Å². The van der Waals surface area contributed by atoms with E-state index in [1.54, 1.807) is 18.6 Å². The largest absolute Gasteiger partial charge is 0.378 e. The van der Waals surface area contributed by atoms with E-state index in [-0.39, 0.29) is 5.91 Å². The molecule has 2 aromatic heterocycles. The molecule has 0 unspecified atom stereocenters. The van der Waals surface area contributed by atoms with Gasteiger partial charge in [0.05, 0.1) is 11.4 Å². The van der Waals surface area contributed by atoms with Gasteiger partial charge in [0.1, 0.15) is 0 Å². The van der Waals surface area contributed by atoms with Crippen LogP contribution < -0.4 is 15.1 Å². The number of benzene rings is 2. The van der Waals surface area contributed by atoms with Gasteiger partial charge in [-0.3, -0.25) is 14.7 Å². The fourth-order valence-corrected chi connectivity index (χ4v) is 3.90. The van der Waals surface area contributed by atoms with Crippen LogP contribution in [0.1, 0.15) is 15.9 Å². The Labute approximate surface area is 185 Å². The maximum absolute atomic E-state index is 13.0. The predicted molar refractivity (Wildman–Crippen MR) is 128 cm³/mol. The Kier molecular flexibility index (Phi) is 5.95. The summed E-state index contributed by atoms with van der Waals surface area (Å²) in [5.74, 6) is -0.161. The number of hydrogen-bond acceptors (Lipinski definition) is 6. The van der Waals surface area contributed by atoms with Crippen LogP contribution in [0.4, 0.5) is 27.9 Å². The number of hydrogen-bond donors (Lipinski definition) is 1. The monoisotopic (exact) mass is 429 g/mol. The van der Waals surface area contributed by atoms with Gasteiger partial charge in [-0.05, 0) is 55.0 Å². The van der Waals surface area contributed by atoms with E-state index < -0.39 is 0 Å². The lowest BCUT2D eigenvalue weighted by molar-refractivity contribution is 0.102. The molecule has 0 aliphatic rings. The molecule has 156 valence electrons. The third-order valence-corrected chi connectivity index (χ3v) is 5.62. The summed E-state index contributed by atoms with van der Waals surface area (Å²) in [5, 5.41) is 5.77. The fourth-order valence-electron chi connectivity index (χ4n) is 3.23. The molecule has 0 spiro atoms. The molecular weight excluding hydrogens is 406 g/mol. The maximum Gasteiger partial charge on any atom is 0.255 e. The van der Waals surface area contributed by atoms with Gasteiger partial charge in [0.2, 0.25) is 0 Å². The number of aryl methyl sites for hydroxylation is 1. The van der Waals surface area contributed by atoms with Gasteiger partial charge in [-0.1, -0.05) is 12.1 Å². The first-order valence-electron chi connectivity index (χ1n) is 9.82. The number of amides is 1. The summed E-state index contributed by atoms with van der Waals surface area (Å²) in [6.45, 7) is 2.03. The molecule has 0 bridgehead atoms. The summed E-state index contributed by atoms with van der Waals surface area (Å²) >= 11 is 1.54. The second-order valence-corrected chi connectivity index (χ2v) is 8.13. The molecule has 31 heavy (non-hydrogen) atoms. The van der Waals surface area contributed by atoms with Gasteiger partial charge in [0, 0.05) is 55.0 Å². The van der Waals surface area contributed by atoms with Crippen molar-refractivity contribution in [1.29, 1.82) is 0 Å². The van der Waals surface area contributed by atoms with Crippen molar-refractivity contribution in [3.8, 4) is 0 Å². The molecule has 1 N–H and O–H groups in total. The number of nitrogens with zero attached hydrogens (tertiary/aromatic N) is 4. The van der Waals surface area contributed by atoms with Crippen molar-refractivity contribution in [2.24, 2.45) is 0 Å². The van der Waals surface area contributed by atoms with Crippen LogP contribution in [0.15, 0.2) is 78.6 Å². The van der Waals surface area contributed by atoms with Crippen molar-refractivity contribution in [2.75, 3.05) is 29.2 Å². The highest BCUT2D eigenvalue weighted by molar-refractivity contribution is 7.13. The fraction of sp³-hybridized carbons (Fsp3) is 0.125. The normalized spacial score (nSPS) is 10.5. The third kappa shape index (κ3) is 4.57. The molecule has 0 radical (unpaired) electrons. The zero-order valence-corrected chi connectivity index (χ0v) is 18.4. The summed E-state index contributed by atoms with van der Waals surface area (Å²) in [6, 6.07) is 17.3. The van der Waals surface area contributed by atoms with Gasteiger partial charge in [0.25, 0.3) is 5.91 Å². The lowest BCUT2D eigenvalue weighted by Gasteiger charge is -2.24. The Morgan fingerprint density at radius 1 is 0.968 bits per heavy atom. The van der Waals surface area contributed by atoms with E-state index in [1.165, 1.54) is 11.3 Å². The first kappa shape index (κ1) is 20.6. The molecule has 7 heteroatoms. The second-order valence-electron chi connectivity index (χ2n) is 7.26. The van der Waals surface area contributed by atoms with E-state index in [0.29, 0.717) is 5.56 Å². The number of rotatable bonds is 6. The highest BCUT2D eigenvalue weighted by Gasteiger charge is 2.19. The van der Waals surface area contributed by atoms with E-state index in [1.807, 2.05) is 90.8 Å². The van der Waals surface area contributed by atoms with E-state index in [4.69, 9.17) is 0 Å². The predicted octanol–water partition coefficient (Wildman–Crippen LogP) is 5.63. The second kappa shape index (κ2) is 8.97.